The molecule has 0 bridgehead atoms. The number of thioether (sulfide) groups is 1. The van der Waals surface area contributed by atoms with E-state index in [9.17, 15) is 9.59 Å². The molecule has 3 aromatic rings. The molecule has 0 radical (unpaired) electrons. The van der Waals surface area contributed by atoms with Crippen molar-refractivity contribution < 1.29 is 14.7 Å². The topological polar surface area (TPSA) is 66.4 Å². The first kappa shape index (κ1) is 24.6. The van der Waals surface area contributed by atoms with Crippen LogP contribution in [0.25, 0.3) is 0 Å². The molecular weight excluding hydrogens is 430 g/mol. The van der Waals surface area contributed by atoms with Crippen molar-refractivity contribution in [3.8, 4) is 0 Å². The van der Waals surface area contributed by atoms with Crippen LogP contribution < -0.4 is 5.32 Å². The number of carbonyl (C=O) groups excluding carboxylic acids is 1. The van der Waals surface area contributed by atoms with Gasteiger partial charge >= 0.3 is 5.97 Å². The zero-order valence-corrected chi connectivity index (χ0v) is 20.0. The predicted octanol–water partition coefficient (Wildman–Crippen LogP) is 6.51. The Morgan fingerprint density at radius 2 is 1.61 bits per heavy atom. The van der Waals surface area contributed by atoms with Crippen molar-refractivity contribution in [1.82, 2.24) is 5.32 Å². The number of carbonyl (C=O) groups is 2. The molecule has 1 amide bonds. The Hall–Kier alpha value is -3.05. The number of carboxylic acids is 1. The van der Waals surface area contributed by atoms with Crippen molar-refractivity contribution in [3.63, 3.8) is 0 Å². The number of aryl methyl sites for hydroxylation is 1. The maximum Gasteiger partial charge on any atom is 0.303 e. The highest BCUT2D eigenvalue weighted by Crippen LogP contribution is 2.26. The second kappa shape index (κ2) is 12.3. The summed E-state index contributed by atoms with van der Waals surface area (Å²) >= 11 is 1.71. The van der Waals surface area contributed by atoms with Gasteiger partial charge in [-0.05, 0) is 53.6 Å². The maximum atomic E-state index is 13.4. The van der Waals surface area contributed by atoms with E-state index in [2.05, 4.69) is 31.3 Å². The molecule has 1 unspecified atom stereocenters. The minimum absolute atomic E-state index is 0.00744. The van der Waals surface area contributed by atoms with E-state index in [0.717, 1.165) is 28.9 Å². The van der Waals surface area contributed by atoms with E-state index in [1.165, 1.54) is 4.90 Å². The third-order valence-electron chi connectivity index (χ3n) is 5.39. The van der Waals surface area contributed by atoms with E-state index >= 15 is 0 Å². The van der Waals surface area contributed by atoms with Crippen LogP contribution in [0.15, 0.2) is 83.8 Å². The molecule has 0 spiro atoms. The van der Waals surface area contributed by atoms with Gasteiger partial charge in [-0.25, -0.2) is 0 Å². The molecule has 0 aromatic heterocycles. The Kier molecular flexibility index (Phi) is 9.14. The zero-order valence-electron chi connectivity index (χ0n) is 19.2. The van der Waals surface area contributed by atoms with Crippen molar-refractivity contribution in [3.05, 3.63) is 101 Å². The van der Waals surface area contributed by atoms with Crippen LogP contribution in [-0.4, -0.2) is 17.0 Å². The highest BCUT2D eigenvalue weighted by atomic mass is 32.2. The molecule has 172 valence electrons. The summed E-state index contributed by atoms with van der Waals surface area (Å²) in [6.45, 7) is 4.28. The Morgan fingerprint density at radius 1 is 0.939 bits per heavy atom. The Bertz CT molecular complexity index is 1050. The maximum absolute atomic E-state index is 13.4. The van der Waals surface area contributed by atoms with Gasteiger partial charge in [0.05, 0.1) is 6.04 Å². The van der Waals surface area contributed by atoms with Crippen molar-refractivity contribution in [1.29, 1.82) is 0 Å². The molecule has 0 saturated carbocycles. The molecular formula is C28H31NO3S. The second-order valence-corrected chi connectivity index (χ2v) is 9.60. The van der Waals surface area contributed by atoms with E-state index in [-0.39, 0.29) is 18.4 Å². The van der Waals surface area contributed by atoms with Gasteiger partial charge in [0, 0.05) is 22.6 Å². The van der Waals surface area contributed by atoms with Gasteiger partial charge in [0.1, 0.15) is 0 Å². The number of hydrogen-bond donors (Lipinski definition) is 2. The normalized spacial score (nSPS) is 11.8. The van der Waals surface area contributed by atoms with Gasteiger partial charge < -0.3 is 10.4 Å². The quantitative estimate of drug-likeness (QED) is 0.319. The van der Waals surface area contributed by atoms with Gasteiger partial charge in [-0.1, -0.05) is 74.5 Å². The number of carboxylic acid groups (broad SMARTS) is 1. The number of aliphatic carboxylic acids is 1. The Labute approximate surface area is 200 Å². The lowest BCUT2D eigenvalue weighted by atomic mass is 9.95. The smallest absolute Gasteiger partial charge is 0.303 e. The first-order valence-corrected chi connectivity index (χ1v) is 12.3. The predicted molar refractivity (Wildman–Crippen MR) is 135 cm³/mol. The molecule has 0 aliphatic carbocycles. The number of nitrogens with one attached hydrogen (secondary N) is 1. The molecule has 2 N–H and O–H groups in total. The van der Waals surface area contributed by atoms with Crippen molar-refractivity contribution >= 4 is 23.6 Å². The standard InChI is InChI=1S/C28H31NO3S/c1-20(2)17-26(23-9-5-3-6-10-23)29-28(32)25-18-21(13-14-22(25)15-16-27(30)31)19-33-24-11-7-4-8-12-24/h3-14,18,20,26H,15-17,19H2,1-2H3,(H,29,32)(H,30,31). The van der Waals surface area contributed by atoms with E-state index in [1.807, 2.05) is 66.7 Å². The second-order valence-electron chi connectivity index (χ2n) is 8.55. The van der Waals surface area contributed by atoms with Crippen molar-refractivity contribution in [2.45, 2.75) is 49.8 Å². The summed E-state index contributed by atoms with van der Waals surface area (Å²) in [6.07, 6.45) is 1.14. The third-order valence-corrected chi connectivity index (χ3v) is 6.47. The number of rotatable bonds is 11. The molecule has 1 atom stereocenters. The van der Waals surface area contributed by atoms with Gasteiger partial charge in [0.25, 0.3) is 5.91 Å². The molecule has 0 saturated heterocycles. The number of benzene rings is 3. The van der Waals surface area contributed by atoms with Gasteiger partial charge in [0.2, 0.25) is 0 Å². The van der Waals surface area contributed by atoms with Gasteiger partial charge in [-0.15, -0.1) is 11.8 Å². The summed E-state index contributed by atoms with van der Waals surface area (Å²) in [5.41, 5.74) is 3.43. The van der Waals surface area contributed by atoms with E-state index in [1.54, 1.807) is 11.8 Å². The molecule has 3 rings (SSSR count). The van der Waals surface area contributed by atoms with Gasteiger partial charge in [-0.2, -0.15) is 0 Å². The monoisotopic (exact) mass is 461 g/mol. The fourth-order valence-corrected chi connectivity index (χ4v) is 4.60. The SMILES string of the molecule is CC(C)CC(NC(=O)c1cc(CSc2ccccc2)ccc1CCC(=O)O)c1ccccc1. The highest BCUT2D eigenvalue weighted by molar-refractivity contribution is 7.98. The van der Waals surface area contributed by atoms with Crippen LogP contribution in [0, 0.1) is 5.92 Å². The summed E-state index contributed by atoms with van der Waals surface area (Å²) < 4.78 is 0. The summed E-state index contributed by atoms with van der Waals surface area (Å²) in [5, 5.41) is 12.4. The average molecular weight is 462 g/mol. The summed E-state index contributed by atoms with van der Waals surface area (Å²) in [7, 11) is 0. The van der Waals surface area contributed by atoms with Crippen LogP contribution in [0.1, 0.15) is 59.8 Å². The summed E-state index contributed by atoms with van der Waals surface area (Å²) in [4.78, 5) is 25.8. The molecule has 0 heterocycles. The fourth-order valence-electron chi connectivity index (χ4n) is 3.74. The molecule has 0 fully saturated rings. The molecule has 0 aliphatic heterocycles. The van der Waals surface area contributed by atoms with E-state index in [4.69, 9.17) is 5.11 Å². The molecule has 3 aromatic carbocycles. The first-order valence-electron chi connectivity index (χ1n) is 11.3. The minimum atomic E-state index is -0.868. The lowest BCUT2D eigenvalue weighted by Crippen LogP contribution is -2.30. The third kappa shape index (κ3) is 7.79. The largest absolute Gasteiger partial charge is 0.481 e. The molecule has 0 aliphatic rings. The van der Waals surface area contributed by atoms with Crippen LogP contribution in [0.5, 0.6) is 0 Å². The average Bonchev–Trinajstić information content (AvgIpc) is 2.82. The van der Waals surface area contributed by atoms with Gasteiger partial charge in [-0.3, -0.25) is 9.59 Å². The lowest BCUT2D eigenvalue weighted by Gasteiger charge is -2.22. The molecule has 5 heteroatoms. The van der Waals surface area contributed by atoms with Crippen molar-refractivity contribution in [2.75, 3.05) is 0 Å². The molecule has 4 nitrogen and oxygen atoms in total. The Balaban J connectivity index is 1.84. The fraction of sp³-hybridized carbons (Fsp3) is 0.286. The summed E-state index contributed by atoms with van der Waals surface area (Å²) in [5.74, 6) is 0.122. The van der Waals surface area contributed by atoms with Crippen LogP contribution >= 0.6 is 11.8 Å². The Morgan fingerprint density at radius 3 is 2.24 bits per heavy atom. The highest BCUT2D eigenvalue weighted by Gasteiger charge is 2.20. The van der Waals surface area contributed by atoms with Crippen LogP contribution in [0.2, 0.25) is 0 Å². The van der Waals surface area contributed by atoms with Crippen LogP contribution in [-0.2, 0) is 17.0 Å². The van der Waals surface area contributed by atoms with Crippen LogP contribution in [0.3, 0.4) is 0 Å². The van der Waals surface area contributed by atoms with Crippen molar-refractivity contribution in [2.24, 2.45) is 5.92 Å². The van der Waals surface area contributed by atoms with Gasteiger partial charge in [0.15, 0.2) is 0 Å². The lowest BCUT2D eigenvalue weighted by molar-refractivity contribution is -0.136. The van der Waals surface area contributed by atoms with E-state index < -0.39 is 5.97 Å². The molecule has 33 heavy (non-hydrogen) atoms. The number of amides is 1. The van der Waals surface area contributed by atoms with E-state index in [0.29, 0.717) is 17.9 Å². The first-order chi connectivity index (χ1) is 15.9. The zero-order chi connectivity index (χ0) is 23.6. The van der Waals surface area contributed by atoms with Crippen LogP contribution in [0.4, 0.5) is 0 Å². The number of hydrogen-bond acceptors (Lipinski definition) is 3. The minimum Gasteiger partial charge on any atom is -0.481 e. The summed E-state index contributed by atoms with van der Waals surface area (Å²) in [6, 6.07) is 25.8.